The molecule has 0 amide bonds. The fourth-order valence-electron chi connectivity index (χ4n) is 1.09. The largest absolute Gasteiger partial charge is 0.468 e. The average Bonchev–Trinajstić information content (AvgIpc) is 2.65. The Balaban J connectivity index is 2.53. The minimum absolute atomic E-state index is 0.153. The molecule has 1 heterocycles. The first-order valence-corrected chi connectivity index (χ1v) is 4.45. The molecule has 1 atom stereocenters. The van der Waals surface area contributed by atoms with E-state index in [9.17, 15) is 9.18 Å². The molecule has 6 nitrogen and oxygen atoms in total. The molecular formula is C8H13FN4O2. The number of esters is 1. The Labute approximate surface area is 86.2 Å². The average molecular weight is 216 g/mol. The molecule has 1 rings (SSSR count). The molecule has 0 aliphatic carbocycles. The van der Waals surface area contributed by atoms with Crippen molar-refractivity contribution in [3.8, 4) is 0 Å². The second kappa shape index (κ2) is 5.40. The van der Waals surface area contributed by atoms with Gasteiger partial charge in [0.15, 0.2) is 0 Å². The van der Waals surface area contributed by atoms with Crippen molar-refractivity contribution in [3.63, 3.8) is 0 Å². The quantitative estimate of drug-likeness (QED) is 0.657. The van der Waals surface area contributed by atoms with Crippen molar-refractivity contribution in [1.82, 2.24) is 15.0 Å². The molecule has 0 radical (unpaired) electrons. The second-order valence-corrected chi connectivity index (χ2v) is 3.00. The van der Waals surface area contributed by atoms with Gasteiger partial charge in [0, 0.05) is 12.6 Å². The molecule has 2 N–H and O–H groups in total. The number of nitrogens with two attached hydrogens (primary N) is 1. The first-order chi connectivity index (χ1) is 7.17. The lowest BCUT2D eigenvalue weighted by Gasteiger charge is -2.05. The van der Waals surface area contributed by atoms with E-state index in [0.717, 1.165) is 0 Å². The van der Waals surface area contributed by atoms with Crippen molar-refractivity contribution in [3.05, 3.63) is 11.9 Å². The number of aromatic nitrogens is 3. The van der Waals surface area contributed by atoms with E-state index in [1.54, 1.807) is 6.20 Å². The van der Waals surface area contributed by atoms with Gasteiger partial charge in [-0.2, -0.15) is 0 Å². The van der Waals surface area contributed by atoms with Gasteiger partial charge in [0.2, 0.25) is 0 Å². The fourth-order valence-corrected chi connectivity index (χ4v) is 1.09. The van der Waals surface area contributed by atoms with E-state index in [-0.39, 0.29) is 13.0 Å². The zero-order valence-electron chi connectivity index (χ0n) is 8.39. The minimum atomic E-state index is -0.759. The first-order valence-electron chi connectivity index (χ1n) is 4.45. The first kappa shape index (κ1) is 11.6. The number of hydrogen-bond donors (Lipinski definition) is 1. The third kappa shape index (κ3) is 3.28. The normalized spacial score (nSPS) is 12.5. The van der Waals surface area contributed by atoms with Crippen LogP contribution in [0.2, 0.25) is 0 Å². The van der Waals surface area contributed by atoms with Gasteiger partial charge in [0.1, 0.15) is 12.7 Å². The highest BCUT2D eigenvalue weighted by molar-refractivity contribution is 5.75. The van der Waals surface area contributed by atoms with Crippen LogP contribution in [0.25, 0.3) is 0 Å². The number of rotatable bonds is 5. The number of ether oxygens (including phenoxy) is 1. The summed E-state index contributed by atoms with van der Waals surface area (Å²) in [5.41, 5.74) is 6.06. The molecule has 0 saturated carbocycles. The molecule has 15 heavy (non-hydrogen) atoms. The summed E-state index contributed by atoms with van der Waals surface area (Å²) in [6.45, 7) is -0.355. The summed E-state index contributed by atoms with van der Waals surface area (Å²) in [6, 6.07) is -0.759. The summed E-state index contributed by atoms with van der Waals surface area (Å²) in [5, 5.41) is 7.41. The van der Waals surface area contributed by atoms with E-state index in [1.807, 2.05) is 0 Å². The summed E-state index contributed by atoms with van der Waals surface area (Å²) in [6.07, 6.45) is 1.79. The van der Waals surface area contributed by atoms with Crippen LogP contribution in [0.3, 0.4) is 0 Å². The molecule has 84 valence electrons. The van der Waals surface area contributed by atoms with Gasteiger partial charge in [0.25, 0.3) is 0 Å². The van der Waals surface area contributed by atoms with Crippen LogP contribution in [-0.2, 0) is 22.5 Å². The second-order valence-electron chi connectivity index (χ2n) is 3.00. The van der Waals surface area contributed by atoms with Gasteiger partial charge < -0.3 is 10.5 Å². The minimum Gasteiger partial charge on any atom is -0.468 e. The SMILES string of the molecule is COC(=O)[C@@H](N)Cc1cn(CCF)nn1. The third-order valence-corrected chi connectivity index (χ3v) is 1.83. The van der Waals surface area contributed by atoms with Crippen LogP contribution in [0.5, 0.6) is 0 Å². The van der Waals surface area contributed by atoms with Gasteiger partial charge in [-0.05, 0) is 0 Å². The highest BCUT2D eigenvalue weighted by atomic mass is 19.1. The van der Waals surface area contributed by atoms with Gasteiger partial charge in [-0.15, -0.1) is 5.10 Å². The lowest BCUT2D eigenvalue weighted by atomic mass is 10.2. The number of hydrogen-bond acceptors (Lipinski definition) is 5. The van der Waals surface area contributed by atoms with Crippen LogP contribution >= 0.6 is 0 Å². The van der Waals surface area contributed by atoms with E-state index in [2.05, 4.69) is 15.0 Å². The molecular weight excluding hydrogens is 203 g/mol. The van der Waals surface area contributed by atoms with E-state index >= 15 is 0 Å². The van der Waals surface area contributed by atoms with Crippen LogP contribution in [-0.4, -0.2) is 40.8 Å². The van der Waals surface area contributed by atoms with E-state index in [1.165, 1.54) is 11.8 Å². The van der Waals surface area contributed by atoms with Crippen LogP contribution in [0.15, 0.2) is 6.20 Å². The molecule has 1 aromatic heterocycles. The van der Waals surface area contributed by atoms with Gasteiger partial charge in [-0.1, -0.05) is 5.21 Å². The Morgan fingerprint density at radius 3 is 3.13 bits per heavy atom. The van der Waals surface area contributed by atoms with Crippen molar-refractivity contribution >= 4 is 5.97 Å². The molecule has 0 unspecified atom stereocenters. The smallest absolute Gasteiger partial charge is 0.323 e. The zero-order chi connectivity index (χ0) is 11.3. The predicted molar refractivity (Wildman–Crippen MR) is 49.7 cm³/mol. The zero-order valence-corrected chi connectivity index (χ0v) is 8.39. The summed E-state index contributed by atoms with van der Waals surface area (Å²) >= 11 is 0. The lowest BCUT2D eigenvalue weighted by molar-refractivity contribution is -0.142. The summed E-state index contributed by atoms with van der Waals surface area (Å²) in [7, 11) is 1.27. The van der Waals surface area contributed by atoms with E-state index in [4.69, 9.17) is 5.73 Å². The summed E-state index contributed by atoms with van der Waals surface area (Å²) in [5.74, 6) is -0.505. The molecule has 0 fully saturated rings. The highest BCUT2D eigenvalue weighted by Crippen LogP contribution is 1.99. The van der Waals surface area contributed by atoms with Crippen LogP contribution in [0, 0.1) is 0 Å². The lowest BCUT2D eigenvalue weighted by Crippen LogP contribution is -2.33. The number of carbonyl (C=O) groups excluding carboxylic acids is 1. The van der Waals surface area contributed by atoms with Crippen molar-refractivity contribution in [1.29, 1.82) is 0 Å². The standard InChI is InChI=1S/C8H13FN4O2/c1-15-8(14)7(10)4-6-5-13(3-2-9)12-11-6/h5,7H,2-4,10H2,1H3/t7-/m0/s1. The van der Waals surface area contributed by atoms with E-state index < -0.39 is 18.7 Å². The Hall–Kier alpha value is -1.50. The third-order valence-electron chi connectivity index (χ3n) is 1.83. The van der Waals surface area contributed by atoms with Crippen LogP contribution in [0.1, 0.15) is 5.69 Å². The molecule has 0 spiro atoms. The van der Waals surface area contributed by atoms with Crippen molar-refractivity contribution in [2.24, 2.45) is 5.73 Å². The highest BCUT2D eigenvalue weighted by Gasteiger charge is 2.16. The van der Waals surface area contributed by atoms with Crippen molar-refractivity contribution in [2.45, 2.75) is 19.0 Å². The molecule has 7 heteroatoms. The maximum Gasteiger partial charge on any atom is 0.323 e. The molecule has 0 saturated heterocycles. The fraction of sp³-hybridized carbons (Fsp3) is 0.625. The number of aryl methyl sites for hydroxylation is 1. The Morgan fingerprint density at radius 1 is 1.80 bits per heavy atom. The number of methoxy groups -OCH3 is 1. The number of alkyl halides is 1. The molecule has 0 aliphatic rings. The maximum atomic E-state index is 11.9. The molecule has 0 bridgehead atoms. The van der Waals surface area contributed by atoms with Gasteiger partial charge in [-0.25, -0.2) is 9.07 Å². The summed E-state index contributed by atoms with van der Waals surface area (Å²) < 4.78 is 17.8. The predicted octanol–water partition coefficient (Wildman–Crippen LogP) is -0.710. The van der Waals surface area contributed by atoms with Crippen molar-refractivity contribution in [2.75, 3.05) is 13.8 Å². The van der Waals surface area contributed by atoms with Crippen molar-refractivity contribution < 1.29 is 13.9 Å². The van der Waals surface area contributed by atoms with Gasteiger partial charge >= 0.3 is 5.97 Å². The molecule has 1 aromatic rings. The Morgan fingerprint density at radius 2 is 2.53 bits per heavy atom. The summed E-state index contributed by atoms with van der Waals surface area (Å²) in [4.78, 5) is 11.0. The topological polar surface area (TPSA) is 83.0 Å². The molecule has 0 aliphatic heterocycles. The number of nitrogens with zero attached hydrogens (tertiary/aromatic N) is 3. The molecule has 0 aromatic carbocycles. The Bertz CT molecular complexity index is 328. The van der Waals surface area contributed by atoms with E-state index in [0.29, 0.717) is 5.69 Å². The number of halogens is 1. The maximum absolute atomic E-state index is 11.9. The van der Waals surface area contributed by atoms with Crippen LogP contribution in [0.4, 0.5) is 4.39 Å². The van der Waals surface area contributed by atoms with Gasteiger partial charge in [0.05, 0.1) is 19.3 Å². The number of carbonyl (C=O) groups is 1. The van der Waals surface area contributed by atoms with Gasteiger partial charge in [-0.3, -0.25) is 4.79 Å². The monoisotopic (exact) mass is 216 g/mol. The van der Waals surface area contributed by atoms with Crippen LogP contribution < -0.4 is 5.73 Å². The Kier molecular flexibility index (Phi) is 4.17.